The molecule has 4 heteroatoms. The first kappa shape index (κ1) is 18.9. The van der Waals surface area contributed by atoms with Gasteiger partial charge in [-0.2, -0.15) is 5.10 Å². The van der Waals surface area contributed by atoms with Gasteiger partial charge in [0.15, 0.2) is 9.52 Å². The molecule has 122 valence electrons. The van der Waals surface area contributed by atoms with Gasteiger partial charge in [0.1, 0.15) is 0 Å². The van der Waals surface area contributed by atoms with Gasteiger partial charge in [-0.05, 0) is 49.3 Å². The van der Waals surface area contributed by atoms with E-state index in [2.05, 4.69) is 25.9 Å². The van der Waals surface area contributed by atoms with E-state index in [1.807, 2.05) is 34.2 Å². The van der Waals surface area contributed by atoms with Crippen molar-refractivity contribution in [2.24, 2.45) is 0 Å². The Morgan fingerprint density at radius 2 is 1.62 bits per heavy atom. The van der Waals surface area contributed by atoms with E-state index < -0.39 is 0 Å². The largest absolute Gasteiger partial charge is 0.260 e. The van der Waals surface area contributed by atoms with Crippen molar-refractivity contribution in [1.29, 1.82) is 0 Å². The normalized spacial score (nSPS) is 14.4. The lowest BCUT2D eigenvalue weighted by Gasteiger charge is -2.31. The minimum absolute atomic E-state index is 0.0451. The zero-order valence-corrected chi connectivity index (χ0v) is 16.2. The van der Waals surface area contributed by atoms with Crippen LogP contribution >= 0.6 is 22.6 Å². The number of nitrogens with zero attached hydrogens (tertiary/aromatic N) is 2. The summed E-state index contributed by atoms with van der Waals surface area (Å²) in [5.41, 5.74) is 0.642. The van der Waals surface area contributed by atoms with Gasteiger partial charge in [0.05, 0.1) is 11.2 Å². The van der Waals surface area contributed by atoms with Crippen LogP contribution in [0, 0.1) is 16.4 Å². The summed E-state index contributed by atoms with van der Waals surface area (Å²) >= 11 is 2.00. The molecule has 21 heavy (non-hydrogen) atoms. The number of hydrogen-bond acceptors (Lipinski definition) is 1. The molecule has 1 atom stereocenters. The maximum Gasteiger partial charge on any atom is 0.177 e. The number of aromatic nitrogens is 2. The fourth-order valence-corrected chi connectivity index (χ4v) is 3.58. The Labute approximate surface area is 143 Å². The van der Waals surface area contributed by atoms with E-state index in [1.54, 1.807) is 0 Å². The zero-order valence-electron chi connectivity index (χ0n) is 14.0. The SMILES string of the molecule is CCCCCCCC(C)(CCCC)n1nc(I)c(F)c1C. The monoisotopic (exact) mass is 408 g/mol. The fraction of sp³-hybridized carbons (Fsp3) is 0.824. The van der Waals surface area contributed by atoms with E-state index in [0.29, 0.717) is 9.39 Å². The van der Waals surface area contributed by atoms with Crippen LogP contribution in [0.2, 0.25) is 0 Å². The summed E-state index contributed by atoms with van der Waals surface area (Å²) in [5, 5.41) is 4.48. The summed E-state index contributed by atoms with van der Waals surface area (Å²) < 4.78 is 16.5. The maximum atomic E-state index is 14.0. The third-order valence-corrected chi connectivity index (χ3v) is 5.09. The second-order valence-electron chi connectivity index (χ2n) is 6.37. The van der Waals surface area contributed by atoms with E-state index in [9.17, 15) is 4.39 Å². The molecule has 0 aliphatic carbocycles. The summed E-state index contributed by atoms with van der Waals surface area (Å²) in [6, 6.07) is 0. The van der Waals surface area contributed by atoms with Crippen molar-refractivity contribution < 1.29 is 4.39 Å². The van der Waals surface area contributed by atoms with Crippen LogP contribution in [-0.4, -0.2) is 9.78 Å². The van der Waals surface area contributed by atoms with E-state index in [4.69, 9.17) is 0 Å². The highest BCUT2D eigenvalue weighted by Crippen LogP contribution is 2.32. The van der Waals surface area contributed by atoms with Crippen molar-refractivity contribution in [2.75, 3.05) is 0 Å². The Morgan fingerprint density at radius 3 is 2.14 bits per heavy atom. The summed E-state index contributed by atoms with van der Waals surface area (Å²) in [7, 11) is 0. The Kier molecular flexibility index (Phi) is 8.21. The molecule has 0 saturated heterocycles. The molecular formula is C17H30FIN2. The molecule has 0 saturated carbocycles. The predicted molar refractivity (Wildman–Crippen MR) is 96.2 cm³/mol. The number of hydrogen-bond donors (Lipinski definition) is 0. The summed E-state index contributed by atoms with van der Waals surface area (Å²) in [6.45, 7) is 8.55. The van der Waals surface area contributed by atoms with Gasteiger partial charge in [0.2, 0.25) is 0 Å². The Morgan fingerprint density at radius 1 is 1.05 bits per heavy atom. The average molecular weight is 408 g/mol. The highest BCUT2D eigenvalue weighted by molar-refractivity contribution is 14.1. The van der Waals surface area contributed by atoms with Gasteiger partial charge >= 0.3 is 0 Å². The highest BCUT2D eigenvalue weighted by Gasteiger charge is 2.30. The third kappa shape index (κ3) is 5.22. The molecule has 0 fully saturated rings. The molecule has 0 bridgehead atoms. The van der Waals surface area contributed by atoms with Crippen LogP contribution in [0.4, 0.5) is 4.39 Å². The average Bonchev–Trinajstić information content (AvgIpc) is 2.73. The van der Waals surface area contributed by atoms with Gasteiger partial charge in [0, 0.05) is 0 Å². The summed E-state index contributed by atoms with van der Waals surface area (Å²) in [5.74, 6) is -0.149. The minimum atomic E-state index is -0.149. The van der Waals surface area contributed by atoms with E-state index in [0.717, 1.165) is 12.8 Å². The minimum Gasteiger partial charge on any atom is -0.260 e. The highest BCUT2D eigenvalue weighted by atomic mass is 127. The lowest BCUT2D eigenvalue weighted by molar-refractivity contribution is 0.223. The first-order valence-electron chi connectivity index (χ1n) is 8.37. The number of rotatable bonds is 10. The van der Waals surface area contributed by atoms with Gasteiger partial charge < -0.3 is 0 Å². The van der Waals surface area contributed by atoms with Gasteiger partial charge in [-0.15, -0.1) is 0 Å². The van der Waals surface area contributed by atoms with Crippen LogP contribution in [0.1, 0.15) is 84.3 Å². The van der Waals surface area contributed by atoms with E-state index in [-0.39, 0.29) is 11.4 Å². The van der Waals surface area contributed by atoms with Crippen molar-refractivity contribution in [1.82, 2.24) is 9.78 Å². The molecule has 0 N–H and O–H groups in total. The van der Waals surface area contributed by atoms with Crippen molar-refractivity contribution in [3.8, 4) is 0 Å². The molecule has 2 nitrogen and oxygen atoms in total. The standard InChI is InChI=1S/C17H30FIN2/c1-5-7-9-10-11-13-17(4,12-8-6-2)21-14(3)15(18)16(19)20-21/h5-13H2,1-4H3. The van der Waals surface area contributed by atoms with Crippen LogP contribution in [-0.2, 0) is 5.54 Å². The van der Waals surface area contributed by atoms with Crippen molar-refractivity contribution >= 4 is 22.6 Å². The molecular weight excluding hydrogens is 378 g/mol. The van der Waals surface area contributed by atoms with Crippen LogP contribution in [0.5, 0.6) is 0 Å². The van der Waals surface area contributed by atoms with Gasteiger partial charge in [0.25, 0.3) is 0 Å². The Bertz CT molecular complexity index is 431. The van der Waals surface area contributed by atoms with E-state index in [1.165, 1.54) is 44.9 Å². The fourth-order valence-electron chi connectivity index (χ4n) is 2.98. The van der Waals surface area contributed by atoms with Gasteiger partial charge in [-0.25, -0.2) is 4.39 Å². The molecule has 0 aliphatic rings. The second-order valence-corrected chi connectivity index (χ2v) is 7.39. The molecule has 1 aromatic rings. The van der Waals surface area contributed by atoms with E-state index >= 15 is 0 Å². The topological polar surface area (TPSA) is 17.8 Å². The van der Waals surface area contributed by atoms with Crippen molar-refractivity contribution in [3.05, 3.63) is 15.2 Å². The van der Waals surface area contributed by atoms with Gasteiger partial charge in [-0.1, -0.05) is 58.8 Å². The number of unbranched alkanes of at least 4 members (excludes halogenated alkanes) is 5. The Hall–Kier alpha value is -0.130. The molecule has 1 aromatic heterocycles. The molecule has 1 heterocycles. The zero-order chi connectivity index (χ0) is 15.9. The van der Waals surface area contributed by atoms with Crippen LogP contribution in [0.3, 0.4) is 0 Å². The predicted octanol–water partition coefficient (Wildman–Crippen LogP) is 6.20. The molecule has 0 radical (unpaired) electrons. The molecule has 1 unspecified atom stereocenters. The van der Waals surface area contributed by atoms with Crippen molar-refractivity contribution in [3.63, 3.8) is 0 Å². The van der Waals surface area contributed by atoms with Crippen LogP contribution in [0.25, 0.3) is 0 Å². The maximum absolute atomic E-state index is 14.0. The smallest absolute Gasteiger partial charge is 0.177 e. The molecule has 1 rings (SSSR count). The lowest BCUT2D eigenvalue weighted by atomic mass is 9.88. The molecule has 0 spiro atoms. The van der Waals surface area contributed by atoms with Crippen LogP contribution in [0.15, 0.2) is 0 Å². The first-order chi connectivity index (χ1) is 9.96. The molecule has 0 aromatic carbocycles. The molecule has 0 aliphatic heterocycles. The summed E-state index contributed by atoms with van der Waals surface area (Å²) in [4.78, 5) is 0. The second kappa shape index (κ2) is 9.11. The number of halogens is 2. The van der Waals surface area contributed by atoms with Crippen molar-refractivity contribution in [2.45, 2.75) is 91.0 Å². The summed E-state index contributed by atoms with van der Waals surface area (Å²) in [6.07, 6.45) is 10.9. The van der Waals surface area contributed by atoms with Crippen LogP contribution < -0.4 is 0 Å². The third-order valence-electron chi connectivity index (χ3n) is 4.40. The first-order valence-corrected chi connectivity index (χ1v) is 9.45. The lowest BCUT2D eigenvalue weighted by Crippen LogP contribution is -2.32. The van der Waals surface area contributed by atoms with Gasteiger partial charge in [-0.3, -0.25) is 4.68 Å². The molecule has 0 amide bonds. The quantitative estimate of drug-likeness (QED) is 0.333. The Balaban J connectivity index is 2.79.